The van der Waals surface area contributed by atoms with Gasteiger partial charge in [-0.25, -0.2) is 77.5 Å². The summed E-state index contributed by atoms with van der Waals surface area (Å²) in [6.07, 6.45) is -32.2. The molecule has 0 bridgehead atoms. The lowest BCUT2D eigenvalue weighted by Gasteiger charge is -2.27. The maximum Gasteiger partial charge on any atom is 0.472 e. The number of hydrogen-bond acceptors (Lipinski definition) is 43. The maximum absolute atomic E-state index is 14.4. The highest BCUT2D eigenvalue weighted by atomic mass is 31.2. The number of phosphoric ester groups is 5. The number of aliphatic hydroxyl groups excluding tert-OH is 6. The van der Waals surface area contributed by atoms with Gasteiger partial charge in [-0.2, -0.15) is 4.98 Å². The van der Waals surface area contributed by atoms with E-state index >= 15 is 0 Å². The van der Waals surface area contributed by atoms with E-state index in [-0.39, 0.29) is 68.1 Å². The van der Waals surface area contributed by atoms with E-state index in [1.54, 1.807) is 0 Å². The number of nitrogens with two attached hydrogens (primary N) is 4. The average molecular weight is 1660 g/mol. The fourth-order valence-electron chi connectivity index (χ4n) is 12.5. The van der Waals surface area contributed by atoms with Crippen molar-refractivity contribution in [3.05, 3.63) is 87.7 Å². The van der Waals surface area contributed by atoms with E-state index in [4.69, 9.17) is 82.8 Å². The minimum absolute atomic E-state index is 0.000423. The lowest BCUT2D eigenvalue weighted by molar-refractivity contribution is -0.0651. The first-order valence-electron chi connectivity index (χ1n) is 31.4. The zero-order valence-corrected chi connectivity index (χ0v) is 59.3. The van der Waals surface area contributed by atoms with E-state index in [1.807, 2.05) is 4.98 Å². The van der Waals surface area contributed by atoms with Crippen LogP contribution in [-0.2, 0) is 87.2 Å². The Labute approximate surface area is 606 Å². The van der Waals surface area contributed by atoms with Gasteiger partial charge in [0.1, 0.15) is 127 Å². The van der Waals surface area contributed by atoms with E-state index in [2.05, 4.69) is 64.3 Å². The summed E-state index contributed by atoms with van der Waals surface area (Å²) >= 11 is 0. The Balaban J connectivity index is 0.692. The normalized spacial score (nSPS) is 31.6. The van der Waals surface area contributed by atoms with Gasteiger partial charge in [-0.3, -0.25) is 83.1 Å². The predicted octanol–water partition coefficient (Wildman–Crippen LogP) is -6.71. The molecule has 9 aromatic rings. The van der Waals surface area contributed by atoms with Crippen molar-refractivity contribution in [2.24, 2.45) is 0 Å². The molecular formula is C49H61N22O34P5. The Morgan fingerprint density at radius 3 is 1.07 bits per heavy atom. The lowest BCUT2D eigenvalue weighted by atomic mass is 10.1. The van der Waals surface area contributed by atoms with Crippen LogP contribution in [0.5, 0.6) is 0 Å². The van der Waals surface area contributed by atoms with Crippen LogP contribution in [0.25, 0.3) is 44.7 Å². The third kappa shape index (κ3) is 15.8. The molecule has 5 saturated heterocycles. The maximum atomic E-state index is 14.4. The third-order valence-electron chi connectivity index (χ3n) is 17.4. The van der Waals surface area contributed by atoms with E-state index in [1.165, 1.54) is 0 Å². The second-order valence-corrected chi connectivity index (χ2v) is 31.3. The summed E-state index contributed by atoms with van der Waals surface area (Å²) in [4.78, 5) is 150. The van der Waals surface area contributed by atoms with Crippen LogP contribution >= 0.6 is 39.1 Å². The number of nitrogens with one attached hydrogen (secondary N) is 2. The highest BCUT2D eigenvalue weighted by molar-refractivity contribution is 7.48. The number of imidazole rings is 4. The van der Waals surface area contributed by atoms with Crippen LogP contribution in [0.4, 0.5) is 23.4 Å². The largest absolute Gasteiger partial charge is 0.472 e. The molecule has 0 amide bonds. The SMILES string of the molecule is Nc1nc2c(ncn2[C@@H]2O[C@H](COP(=O)(O)O[C@H]3[C@@H](O)[C@H](n4ccc(=O)[nH]c4=O)O[C@@H]3COP(=O)(O)O[C@H]3[C@@H](O)[C@H](n4cnc5c(N)ncnc54)O[C@@H]3COP(=O)(O)O[C@H]3[C@@H](O)[C@H](n4cnc5c(N)ncnc54)O[C@@H]3COP(=O)(O)O[C@H]3[C@@H](O)[C@H](n4cnc5c(N)ncnc54)O[C@@H]3COP(=O)(O)O)[C@@H](O)[C@H]2O)c(=O)[nH]1. The molecule has 14 rings (SSSR count). The molecule has 5 aliphatic heterocycles. The summed E-state index contributed by atoms with van der Waals surface area (Å²) in [7, 11) is -28.5. The monoisotopic (exact) mass is 1660 g/mol. The minimum Gasteiger partial charge on any atom is -0.387 e. The van der Waals surface area contributed by atoms with Crippen LogP contribution in [0.3, 0.4) is 0 Å². The molecule has 4 unspecified atom stereocenters. The molecule has 0 saturated carbocycles. The molecule has 110 heavy (non-hydrogen) atoms. The van der Waals surface area contributed by atoms with Gasteiger partial charge in [-0.15, -0.1) is 0 Å². The molecule has 9 aromatic heterocycles. The van der Waals surface area contributed by atoms with E-state index in [9.17, 15) is 97.2 Å². The van der Waals surface area contributed by atoms with Crippen LogP contribution < -0.4 is 39.7 Å². The molecule has 5 fully saturated rings. The zero-order valence-electron chi connectivity index (χ0n) is 54.8. The minimum atomic E-state index is -5.89. The van der Waals surface area contributed by atoms with Gasteiger partial charge in [-0.1, -0.05) is 0 Å². The molecule has 22 N–H and O–H groups in total. The first kappa shape index (κ1) is 78.7. The van der Waals surface area contributed by atoms with Crippen molar-refractivity contribution in [1.82, 2.24) is 87.6 Å². The third-order valence-corrected chi connectivity index (χ3v) is 21.9. The quantitative estimate of drug-likeness (QED) is 0.0203. The van der Waals surface area contributed by atoms with Gasteiger partial charge in [0.05, 0.1) is 58.3 Å². The number of ether oxygens (including phenoxy) is 5. The summed E-state index contributed by atoms with van der Waals surface area (Å²) in [6.45, 7) is -6.23. The summed E-state index contributed by atoms with van der Waals surface area (Å²) in [5, 5.41) is 69.3. The molecule has 56 nitrogen and oxygen atoms in total. The van der Waals surface area contributed by atoms with Crippen molar-refractivity contribution in [3.8, 4) is 0 Å². The molecule has 0 aromatic carbocycles. The number of anilines is 4. The van der Waals surface area contributed by atoms with Gasteiger partial charge >= 0.3 is 44.8 Å². The van der Waals surface area contributed by atoms with Crippen LogP contribution in [0.2, 0.25) is 0 Å². The number of fused-ring (bicyclic) bond motifs is 4. The number of H-pyrrole nitrogens is 2. The van der Waals surface area contributed by atoms with E-state index in [0.29, 0.717) is 4.57 Å². The number of hydrogen-bond donors (Lipinski definition) is 18. The first-order chi connectivity index (χ1) is 51.9. The summed E-state index contributed by atoms with van der Waals surface area (Å²) in [5.41, 5.74) is 19.7. The molecule has 0 radical (unpaired) electrons. The number of phosphoric acid groups is 5. The Bertz CT molecular complexity index is 5400. The van der Waals surface area contributed by atoms with Gasteiger partial charge in [0, 0.05) is 12.3 Å². The average Bonchev–Trinajstić information content (AvgIpc) is 1.63. The van der Waals surface area contributed by atoms with Crippen molar-refractivity contribution >= 4 is 107 Å². The number of aliphatic hydroxyl groups is 6. The second kappa shape index (κ2) is 30.2. The molecule has 14 heterocycles. The van der Waals surface area contributed by atoms with Crippen LogP contribution in [0.15, 0.2) is 70.9 Å². The first-order valence-corrected chi connectivity index (χ1v) is 39.0. The van der Waals surface area contributed by atoms with Gasteiger partial charge in [0.2, 0.25) is 5.95 Å². The van der Waals surface area contributed by atoms with Gasteiger partial charge < -0.3 is 107 Å². The Morgan fingerprint density at radius 1 is 0.391 bits per heavy atom. The fraction of sp³-hybridized carbons (Fsp3) is 0.510. The van der Waals surface area contributed by atoms with Gasteiger partial charge in [-0.05, 0) is 0 Å². The van der Waals surface area contributed by atoms with Crippen molar-refractivity contribution in [2.75, 3.05) is 56.0 Å². The zero-order chi connectivity index (χ0) is 78.6. The molecular weight excluding hydrogens is 1600 g/mol. The number of rotatable bonds is 28. The molecule has 5 aliphatic rings. The smallest absolute Gasteiger partial charge is 0.387 e. The van der Waals surface area contributed by atoms with Gasteiger partial charge in [0.25, 0.3) is 11.1 Å². The van der Waals surface area contributed by atoms with Crippen LogP contribution in [-0.4, -0.2) is 272 Å². The van der Waals surface area contributed by atoms with Crippen molar-refractivity contribution < 1.29 is 147 Å². The van der Waals surface area contributed by atoms with Crippen LogP contribution in [0.1, 0.15) is 31.1 Å². The lowest BCUT2D eigenvalue weighted by Crippen LogP contribution is -2.39. The van der Waals surface area contributed by atoms with Crippen molar-refractivity contribution in [3.63, 3.8) is 0 Å². The Kier molecular flexibility index (Phi) is 21.6. The summed E-state index contributed by atoms with van der Waals surface area (Å²) < 4.78 is 150. The summed E-state index contributed by atoms with van der Waals surface area (Å²) in [6, 6.07) is 0.797. The van der Waals surface area contributed by atoms with E-state index in [0.717, 1.165) is 74.8 Å². The molecule has 0 spiro atoms. The second-order valence-electron chi connectivity index (χ2n) is 24.4. The summed E-state index contributed by atoms with van der Waals surface area (Å²) in [5.74, 6) is -0.868. The number of aromatic amines is 2. The molecule has 61 heteroatoms. The number of nitrogens with zero attached hydrogens (tertiary/aromatic N) is 16. The van der Waals surface area contributed by atoms with E-state index < -0.39 is 212 Å². The predicted molar refractivity (Wildman–Crippen MR) is 349 cm³/mol. The topological polar surface area (TPSA) is 811 Å². The standard InChI is InChI=1S/C49H61N22O34P5/c50-35-21-38(57-8-54-35)68(11-60-21)45-28(76)31(16(99-45)4-92-106(81,82)83)102-108(86,87)95-6-18-34(30(78)47(100-18)70-13-62-23-37(52)56-10-59-40(23)70)105-110(90,91)96-7-19-33(29(77)46(101-19)69-12-61-22-36(51)55-9-58-39(22)69)104-109(88,89)94-5-17-32(27(75)44(98-17)67-2-1-20(72)64-49(67)80)103-107(84,85)93-3-15-25(73)26(74)43(97-15)71-14-63-24-41(71)65-48(53)66-42(24)79/h1-2,8-19,25-34,43-47,73-78H,3-7H2,(H,84,85)(H,86,87)(H,88,89)(H,90,91)(H2,50,54,57)(H2,51,55,58)(H2,52,56,59)(H,64,72,80)(H2,81,82,83)(H3,53,65,66,79)/t15-,16-,17-,18-,19-,25-,26-,27-,28-,29-,30-,31-,32-,33-,34-,43-,44-,45-,46-,47-/m1/s1. The molecule has 24 atom stereocenters. The molecule has 596 valence electrons. The van der Waals surface area contributed by atoms with Crippen molar-refractivity contribution in [1.29, 1.82) is 0 Å². The number of aromatic nitrogens is 18. The van der Waals surface area contributed by atoms with Crippen LogP contribution in [0, 0.1) is 0 Å². The highest BCUT2D eigenvalue weighted by Crippen LogP contribution is 2.56. The molecule has 0 aliphatic carbocycles. The fourth-order valence-corrected chi connectivity index (χ4v) is 16.7. The Hall–Kier alpha value is -8.01. The Morgan fingerprint density at radius 2 is 0.709 bits per heavy atom. The van der Waals surface area contributed by atoms with Crippen molar-refractivity contribution in [2.45, 2.75) is 123 Å². The van der Waals surface area contributed by atoms with Gasteiger partial charge in [0.15, 0.2) is 76.7 Å². The highest BCUT2D eigenvalue weighted by Gasteiger charge is 2.57. The number of nitrogen functional groups attached to an aromatic ring is 4.